The van der Waals surface area contributed by atoms with E-state index in [0.29, 0.717) is 16.6 Å². The highest BCUT2D eigenvalue weighted by molar-refractivity contribution is 8.01. The molecule has 1 aliphatic rings. The van der Waals surface area contributed by atoms with Gasteiger partial charge in [0.15, 0.2) is 4.34 Å². The summed E-state index contributed by atoms with van der Waals surface area (Å²) in [5, 5.41) is 13.8. The summed E-state index contributed by atoms with van der Waals surface area (Å²) in [5.41, 5.74) is 0.701. The van der Waals surface area contributed by atoms with Crippen LogP contribution in [0.15, 0.2) is 34.7 Å². The average Bonchev–Trinajstić information content (AvgIpc) is 3.17. The van der Waals surface area contributed by atoms with Crippen LogP contribution in [0.25, 0.3) is 0 Å². The Balaban J connectivity index is 1.37. The highest BCUT2D eigenvalue weighted by Gasteiger charge is 2.15. The SMILES string of the molecule is O=C(CSc1nnc(C(=O)Nc2ccccc2)s1)NCCN1CCOCC1. The van der Waals surface area contributed by atoms with E-state index in [4.69, 9.17) is 4.74 Å². The molecule has 0 unspecified atom stereocenters. The fourth-order valence-electron chi connectivity index (χ4n) is 2.42. The van der Waals surface area contributed by atoms with E-state index in [-0.39, 0.29) is 22.6 Å². The number of morpholine rings is 1. The summed E-state index contributed by atoms with van der Waals surface area (Å²) in [6.07, 6.45) is 0. The molecule has 8 nitrogen and oxygen atoms in total. The van der Waals surface area contributed by atoms with E-state index < -0.39 is 0 Å². The standard InChI is InChI=1S/C17H21N5O3S2/c23-14(18-6-7-22-8-10-25-11-9-22)12-26-17-21-20-16(27-17)15(24)19-13-4-2-1-3-5-13/h1-5H,6-12H2,(H,18,23)(H,19,24). The number of nitrogens with zero attached hydrogens (tertiary/aromatic N) is 3. The Labute approximate surface area is 165 Å². The molecule has 0 atom stereocenters. The Morgan fingerprint density at radius 2 is 1.96 bits per heavy atom. The van der Waals surface area contributed by atoms with Crippen molar-refractivity contribution in [1.29, 1.82) is 0 Å². The van der Waals surface area contributed by atoms with Crippen LogP contribution >= 0.6 is 23.1 Å². The van der Waals surface area contributed by atoms with Gasteiger partial charge in [-0.2, -0.15) is 0 Å². The predicted molar refractivity (Wildman–Crippen MR) is 105 cm³/mol. The van der Waals surface area contributed by atoms with Crippen LogP contribution < -0.4 is 10.6 Å². The summed E-state index contributed by atoms with van der Waals surface area (Å²) in [6, 6.07) is 9.16. The molecule has 2 aromatic rings. The van der Waals surface area contributed by atoms with Crippen molar-refractivity contribution >= 4 is 40.6 Å². The normalized spacial score (nSPS) is 14.7. The fourth-order valence-corrected chi connectivity index (χ4v) is 4.00. The number of hydrogen-bond donors (Lipinski definition) is 2. The van der Waals surface area contributed by atoms with E-state index in [0.717, 1.165) is 32.8 Å². The molecule has 1 aliphatic heterocycles. The molecule has 1 saturated heterocycles. The van der Waals surface area contributed by atoms with E-state index in [1.807, 2.05) is 18.2 Å². The van der Waals surface area contributed by atoms with Crippen molar-refractivity contribution in [2.24, 2.45) is 0 Å². The van der Waals surface area contributed by atoms with Crippen LogP contribution in [0, 0.1) is 0 Å². The zero-order valence-electron chi connectivity index (χ0n) is 14.7. The first-order valence-corrected chi connectivity index (χ1v) is 10.4. The predicted octanol–water partition coefficient (Wildman–Crippen LogP) is 1.33. The van der Waals surface area contributed by atoms with Crippen molar-refractivity contribution in [3.63, 3.8) is 0 Å². The molecule has 144 valence electrons. The smallest absolute Gasteiger partial charge is 0.286 e. The molecular formula is C17H21N5O3S2. The van der Waals surface area contributed by atoms with Gasteiger partial charge in [0.05, 0.1) is 19.0 Å². The number of carbonyl (C=O) groups excluding carboxylic acids is 2. The minimum absolute atomic E-state index is 0.0567. The van der Waals surface area contributed by atoms with Crippen LogP contribution in [0.5, 0.6) is 0 Å². The minimum Gasteiger partial charge on any atom is -0.379 e. The Morgan fingerprint density at radius 3 is 2.74 bits per heavy atom. The molecule has 0 bridgehead atoms. The maximum Gasteiger partial charge on any atom is 0.286 e. The first-order chi connectivity index (χ1) is 13.2. The summed E-state index contributed by atoms with van der Waals surface area (Å²) >= 11 is 2.45. The van der Waals surface area contributed by atoms with E-state index in [1.54, 1.807) is 12.1 Å². The van der Waals surface area contributed by atoms with E-state index >= 15 is 0 Å². The van der Waals surface area contributed by atoms with Crippen LogP contribution in [0.4, 0.5) is 5.69 Å². The van der Waals surface area contributed by atoms with Gasteiger partial charge in [-0.15, -0.1) is 10.2 Å². The first kappa shape index (κ1) is 19.7. The van der Waals surface area contributed by atoms with Crippen molar-refractivity contribution in [2.75, 3.05) is 50.5 Å². The van der Waals surface area contributed by atoms with Crippen LogP contribution in [0.2, 0.25) is 0 Å². The van der Waals surface area contributed by atoms with Crippen molar-refractivity contribution in [1.82, 2.24) is 20.4 Å². The summed E-state index contributed by atoms with van der Waals surface area (Å²) in [4.78, 5) is 26.4. The molecule has 3 rings (SSSR count). The Bertz CT molecular complexity index is 750. The molecule has 0 aliphatic carbocycles. The summed E-state index contributed by atoms with van der Waals surface area (Å²) in [6.45, 7) is 4.75. The highest BCUT2D eigenvalue weighted by atomic mass is 32.2. The van der Waals surface area contributed by atoms with Crippen molar-refractivity contribution in [3.05, 3.63) is 35.3 Å². The summed E-state index contributed by atoms with van der Waals surface area (Å²) in [7, 11) is 0. The number of thioether (sulfide) groups is 1. The molecule has 27 heavy (non-hydrogen) atoms. The number of carbonyl (C=O) groups is 2. The molecule has 0 saturated carbocycles. The second-order valence-corrected chi connectivity index (χ2v) is 7.99. The molecule has 0 radical (unpaired) electrons. The Hall–Kier alpha value is -2.01. The second-order valence-electron chi connectivity index (χ2n) is 5.79. The molecule has 2 heterocycles. The number of hydrogen-bond acceptors (Lipinski definition) is 8. The number of anilines is 1. The maximum absolute atomic E-state index is 12.2. The topological polar surface area (TPSA) is 96.5 Å². The van der Waals surface area contributed by atoms with Gasteiger partial charge in [-0.1, -0.05) is 41.3 Å². The number of para-hydroxylation sites is 1. The third kappa shape index (κ3) is 6.58. The third-order valence-electron chi connectivity index (χ3n) is 3.81. The van der Waals surface area contributed by atoms with Gasteiger partial charge in [0.2, 0.25) is 10.9 Å². The van der Waals surface area contributed by atoms with Gasteiger partial charge in [0.1, 0.15) is 0 Å². The monoisotopic (exact) mass is 407 g/mol. The number of aromatic nitrogens is 2. The molecule has 2 amide bonds. The zero-order valence-corrected chi connectivity index (χ0v) is 16.4. The second kappa shape index (κ2) is 10.4. The van der Waals surface area contributed by atoms with Crippen LogP contribution in [0.3, 0.4) is 0 Å². The van der Waals surface area contributed by atoms with E-state index in [9.17, 15) is 9.59 Å². The zero-order chi connectivity index (χ0) is 18.9. The van der Waals surface area contributed by atoms with Gasteiger partial charge in [-0.25, -0.2) is 0 Å². The lowest BCUT2D eigenvalue weighted by atomic mass is 10.3. The van der Waals surface area contributed by atoms with Crippen molar-refractivity contribution in [3.8, 4) is 0 Å². The van der Waals surface area contributed by atoms with Crippen molar-refractivity contribution < 1.29 is 14.3 Å². The van der Waals surface area contributed by atoms with Gasteiger partial charge < -0.3 is 15.4 Å². The number of amides is 2. The number of rotatable bonds is 8. The lowest BCUT2D eigenvalue weighted by molar-refractivity contribution is -0.118. The van der Waals surface area contributed by atoms with Crippen LogP contribution in [-0.4, -0.2) is 72.1 Å². The molecular weight excluding hydrogens is 386 g/mol. The van der Waals surface area contributed by atoms with Gasteiger partial charge in [0, 0.05) is 31.9 Å². The van der Waals surface area contributed by atoms with Gasteiger partial charge in [0.25, 0.3) is 5.91 Å². The fraction of sp³-hybridized carbons (Fsp3) is 0.412. The molecule has 1 aromatic heterocycles. The number of benzene rings is 1. The van der Waals surface area contributed by atoms with Crippen molar-refractivity contribution in [2.45, 2.75) is 4.34 Å². The van der Waals surface area contributed by atoms with Gasteiger partial charge in [-0.3, -0.25) is 14.5 Å². The first-order valence-electron chi connectivity index (χ1n) is 8.60. The lowest BCUT2D eigenvalue weighted by Crippen LogP contribution is -2.41. The largest absolute Gasteiger partial charge is 0.379 e. The average molecular weight is 408 g/mol. The summed E-state index contributed by atoms with van der Waals surface area (Å²) < 4.78 is 5.89. The molecule has 0 spiro atoms. The minimum atomic E-state index is -0.305. The molecule has 1 aromatic carbocycles. The highest BCUT2D eigenvalue weighted by Crippen LogP contribution is 2.22. The van der Waals surface area contributed by atoms with Gasteiger partial charge >= 0.3 is 0 Å². The van der Waals surface area contributed by atoms with Crippen LogP contribution in [0.1, 0.15) is 9.80 Å². The quantitative estimate of drug-likeness (QED) is 0.637. The Kier molecular flexibility index (Phi) is 7.57. The third-order valence-corrected chi connectivity index (χ3v) is 5.87. The van der Waals surface area contributed by atoms with E-state index in [2.05, 4.69) is 25.7 Å². The number of ether oxygens (including phenoxy) is 1. The lowest BCUT2D eigenvalue weighted by Gasteiger charge is -2.26. The Morgan fingerprint density at radius 1 is 1.19 bits per heavy atom. The van der Waals surface area contributed by atoms with E-state index in [1.165, 1.54) is 23.1 Å². The maximum atomic E-state index is 12.2. The molecule has 10 heteroatoms. The van der Waals surface area contributed by atoms with Crippen LogP contribution in [-0.2, 0) is 9.53 Å². The molecule has 1 fully saturated rings. The van der Waals surface area contributed by atoms with Gasteiger partial charge in [-0.05, 0) is 12.1 Å². The summed E-state index contributed by atoms with van der Waals surface area (Å²) in [5.74, 6) is -0.114. The number of nitrogens with one attached hydrogen (secondary N) is 2. The molecule has 2 N–H and O–H groups in total.